The van der Waals surface area contributed by atoms with Crippen molar-refractivity contribution in [1.82, 2.24) is 4.90 Å². The lowest BCUT2D eigenvalue weighted by Crippen LogP contribution is -2.42. The number of hydrogen-bond acceptors (Lipinski definition) is 4. The molecule has 1 aliphatic heterocycles. The van der Waals surface area contributed by atoms with E-state index in [0.717, 1.165) is 12.1 Å². The largest absolute Gasteiger partial charge is 0.573 e. The van der Waals surface area contributed by atoms with Crippen LogP contribution in [0.5, 0.6) is 5.75 Å². The molecule has 2 amide bonds. The molecule has 1 heterocycles. The van der Waals surface area contributed by atoms with E-state index in [0.29, 0.717) is 38.2 Å². The molecule has 1 fully saturated rings. The second kappa shape index (κ2) is 8.09. The number of halogens is 3. The lowest BCUT2D eigenvalue weighted by Gasteiger charge is -2.30. The molecule has 1 aromatic rings. The van der Waals surface area contributed by atoms with Crippen LogP contribution in [0.3, 0.4) is 0 Å². The van der Waals surface area contributed by atoms with Gasteiger partial charge in [0.1, 0.15) is 5.75 Å². The molecule has 138 valence electrons. The van der Waals surface area contributed by atoms with Crippen molar-refractivity contribution in [3.05, 3.63) is 24.3 Å². The van der Waals surface area contributed by atoms with E-state index in [1.54, 1.807) is 11.8 Å². The van der Waals surface area contributed by atoms with Gasteiger partial charge in [0.2, 0.25) is 0 Å². The fourth-order valence-corrected chi connectivity index (χ4v) is 2.52. The van der Waals surface area contributed by atoms with Crippen LogP contribution in [-0.4, -0.2) is 43.0 Å². The molecule has 0 unspecified atom stereocenters. The van der Waals surface area contributed by atoms with Crippen LogP contribution in [0.2, 0.25) is 0 Å². The number of ether oxygens (including phenoxy) is 2. The van der Waals surface area contributed by atoms with Crippen molar-refractivity contribution < 1.29 is 32.2 Å². The van der Waals surface area contributed by atoms with Gasteiger partial charge in [-0.2, -0.15) is 0 Å². The van der Waals surface area contributed by atoms with Gasteiger partial charge >= 0.3 is 18.4 Å². The monoisotopic (exact) mass is 360 g/mol. The summed E-state index contributed by atoms with van der Waals surface area (Å²) in [5.41, 5.74) is 0.354. The third-order valence-corrected chi connectivity index (χ3v) is 3.74. The number of hydrogen-bond donors (Lipinski definition) is 1. The normalized spacial score (nSPS) is 15.6. The minimum absolute atomic E-state index is 0.206. The van der Waals surface area contributed by atoms with E-state index in [1.165, 1.54) is 12.1 Å². The molecular formula is C16H19F3N2O4. The lowest BCUT2D eigenvalue weighted by atomic mass is 9.97. The second-order valence-electron chi connectivity index (χ2n) is 5.52. The number of carbonyl (C=O) groups is 2. The molecule has 1 aliphatic rings. The number of anilines is 1. The van der Waals surface area contributed by atoms with Crippen LogP contribution in [0.4, 0.5) is 23.7 Å². The quantitative estimate of drug-likeness (QED) is 0.836. The van der Waals surface area contributed by atoms with Crippen LogP contribution in [0.15, 0.2) is 24.3 Å². The average molecular weight is 360 g/mol. The van der Waals surface area contributed by atoms with Gasteiger partial charge in [-0.25, -0.2) is 4.79 Å². The molecule has 0 atom stereocenters. The Balaban J connectivity index is 1.83. The molecule has 2 rings (SSSR count). The van der Waals surface area contributed by atoms with Crippen LogP contribution in [0.25, 0.3) is 0 Å². The zero-order valence-corrected chi connectivity index (χ0v) is 13.6. The van der Waals surface area contributed by atoms with E-state index < -0.39 is 6.36 Å². The summed E-state index contributed by atoms with van der Waals surface area (Å²) in [5, 5.41) is 2.60. The highest BCUT2D eigenvalue weighted by Gasteiger charge is 2.31. The number of nitrogens with zero attached hydrogens (tertiary/aromatic N) is 1. The first-order valence-corrected chi connectivity index (χ1v) is 7.87. The number of carbonyl (C=O) groups excluding carboxylic acids is 2. The van der Waals surface area contributed by atoms with Gasteiger partial charge in [-0.1, -0.05) is 0 Å². The lowest BCUT2D eigenvalue weighted by molar-refractivity contribution is -0.274. The van der Waals surface area contributed by atoms with E-state index in [-0.39, 0.29) is 23.7 Å². The Morgan fingerprint density at radius 1 is 1.20 bits per heavy atom. The highest BCUT2D eigenvalue weighted by Crippen LogP contribution is 2.24. The first-order valence-electron chi connectivity index (χ1n) is 7.87. The van der Waals surface area contributed by atoms with Gasteiger partial charge < -0.3 is 19.7 Å². The molecule has 0 aliphatic carbocycles. The molecule has 0 aromatic heterocycles. The Labute approximate surface area is 142 Å². The molecule has 9 heteroatoms. The molecule has 25 heavy (non-hydrogen) atoms. The summed E-state index contributed by atoms with van der Waals surface area (Å²) in [5.74, 6) is -0.814. The number of rotatable bonds is 4. The van der Waals surface area contributed by atoms with Gasteiger partial charge in [-0.05, 0) is 44.0 Å². The van der Waals surface area contributed by atoms with Gasteiger partial charge in [-0.15, -0.1) is 13.2 Å². The maximum absolute atomic E-state index is 12.2. The summed E-state index contributed by atoms with van der Waals surface area (Å²) in [7, 11) is 0. The fraction of sp³-hybridized carbons (Fsp3) is 0.500. The van der Waals surface area contributed by atoms with Crippen molar-refractivity contribution in [3.8, 4) is 5.75 Å². The summed E-state index contributed by atoms with van der Waals surface area (Å²) < 4.78 is 45.0. The zero-order chi connectivity index (χ0) is 18.4. The number of alkyl halides is 3. The number of urea groups is 1. The predicted molar refractivity (Wildman–Crippen MR) is 83.1 cm³/mol. The Bertz CT molecular complexity index is 596. The Morgan fingerprint density at radius 3 is 2.32 bits per heavy atom. The molecular weight excluding hydrogens is 341 g/mol. The zero-order valence-electron chi connectivity index (χ0n) is 13.6. The third kappa shape index (κ3) is 5.84. The van der Waals surface area contributed by atoms with E-state index in [1.807, 2.05) is 0 Å². The number of likely N-dealkylation sites (tertiary alicyclic amines) is 1. The Kier molecular flexibility index (Phi) is 6.11. The highest BCUT2D eigenvalue weighted by molar-refractivity contribution is 5.89. The van der Waals surface area contributed by atoms with Gasteiger partial charge in [0.25, 0.3) is 0 Å². The molecule has 1 saturated heterocycles. The predicted octanol–water partition coefficient (Wildman–Crippen LogP) is 3.39. The topological polar surface area (TPSA) is 67.9 Å². The van der Waals surface area contributed by atoms with Crippen LogP contribution in [0, 0.1) is 5.92 Å². The van der Waals surface area contributed by atoms with Crippen molar-refractivity contribution in [2.45, 2.75) is 26.1 Å². The van der Waals surface area contributed by atoms with Crippen LogP contribution in [0.1, 0.15) is 19.8 Å². The average Bonchev–Trinajstić information content (AvgIpc) is 2.55. The second-order valence-corrected chi connectivity index (χ2v) is 5.52. The first-order chi connectivity index (χ1) is 11.8. The standard InChI is InChI=1S/C16H19F3N2O4/c1-2-24-14(22)11-7-9-21(10-8-11)15(23)20-12-3-5-13(6-4-12)25-16(17,18)19/h3-6,11H,2,7-10H2,1H3,(H,20,23). The minimum Gasteiger partial charge on any atom is -0.466 e. The maximum Gasteiger partial charge on any atom is 0.573 e. The van der Waals surface area contributed by atoms with Crippen LogP contribution < -0.4 is 10.1 Å². The summed E-state index contributed by atoms with van der Waals surface area (Å²) in [6, 6.07) is 4.52. The minimum atomic E-state index is -4.76. The number of benzene rings is 1. The van der Waals surface area contributed by atoms with E-state index in [2.05, 4.69) is 10.1 Å². The maximum atomic E-state index is 12.2. The summed E-state index contributed by atoms with van der Waals surface area (Å²) >= 11 is 0. The first kappa shape index (κ1) is 18.9. The SMILES string of the molecule is CCOC(=O)C1CCN(C(=O)Nc2ccc(OC(F)(F)F)cc2)CC1. The number of amides is 2. The number of piperidine rings is 1. The van der Waals surface area contributed by atoms with Crippen molar-refractivity contribution in [1.29, 1.82) is 0 Å². The molecule has 1 N–H and O–H groups in total. The van der Waals surface area contributed by atoms with E-state index >= 15 is 0 Å². The van der Waals surface area contributed by atoms with Gasteiger partial charge in [0, 0.05) is 18.8 Å². The number of nitrogens with one attached hydrogen (secondary N) is 1. The van der Waals surface area contributed by atoms with E-state index in [4.69, 9.17) is 4.74 Å². The van der Waals surface area contributed by atoms with Gasteiger partial charge in [-0.3, -0.25) is 4.79 Å². The molecule has 1 aromatic carbocycles. The summed E-state index contributed by atoms with van der Waals surface area (Å²) in [6.45, 7) is 2.88. The number of esters is 1. The summed E-state index contributed by atoms with van der Waals surface area (Å²) in [4.78, 5) is 25.4. The Hall–Kier alpha value is -2.45. The molecule has 0 spiro atoms. The smallest absolute Gasteiger partial charge is 0.466 e. The van der Waals surface area contributed by atoms with Crippen molar-refractivity contribution in [2.75, 3.05) is 25.0 Å². The third-order valence-electron chi connectivity index (χ3n) is 3.74. The highest BCUT2D eigenvalue weighted by atomic mass is 19.4. The fourth-order valence-electron chi connectivity index (χ4n) is 2.52. The molecule has 0 bridgehead atoms. The van der Waals surface area contributed by atoms with Crippen molar-refractivity contribution in [3.63, 3.8) is 0 Å². The summed E-state index contributed by atoms with van der Waals surface area (Å²) in [6.07, 6.45) is -3.72. The molecule has 0 radical (unpaired) electrons. The van der Waals surface area contributed by atoms with Crippen molar-refractivity contribution in [2.24, 2.45) is 5.92 Å². The molecule has 6 nitrogen and oxygen atoms in total. The van der Waals surface area contributed by atoms with Gasteiger partial charge in [0.05, 0.1) is 12.5 Å². The van der Waals surface area contributed by atoms with E-state index in [9.17, 15) is 22.8 Å². The van der Waals surface area contributed by atoms with Gasteiger partial charge in [0.15, 0.2) is 0 Å². The van der Waals surface area contributed by atoms with Crippen LogP contribution >= 0.6 is 0 Å². The molecule has 0 saturated carbocycles. The van der Waals surface area contributed by atoms with Crippen LogP contribution in [-0.2, 0) is 9.53 Å². The Morgan fingerprint density at radius 2 is 1.80 bits per heavy atom. The van der Waals surface area contributed by atoms with Crippen molar-refractivity contribution >= 4 is 17.7 Å².